The third kappa shape index (κ3) is 3.36. The molecule has 0 aromatic carbocycles. The number of rotatable bonds is 4. The highest BCUT2D eigenvalue weighted by molar-refractivity contribution is 5.92. The lowest BCUT2D eigenvalue weighted by Crippen LogP contribution is -2.49. The van der Waals surface area contributed by atoms with Gasteiger partial charge in [-0.05, 0) is 30.3 Å². The normalized spacial score (nSPS) is 14.4. The quantitative estimate of drug-likeness (QED) is 0.509. The number of aromatic nitrogens is 3. The van der Waals surface area contributed by atoms with Crippen molar-refractivity contribution in [2.75, 3.05) is 31.1 Å². The van der Waals surface area contributed by atoms with Gasteiger partial charge in [0.2, 0.25) is 0 Å². The van der Waals surface area contributed by atoms with Crippen LogP contribution in [0.25, 0.3) is 5.82 Å². The summed E-state index contributed by atoms with van der Waals surface area (Å²) in [5.41, 5.74) is 0. The summed E-state index contributed by atoms with van der Waals surface area (Å²) in [6.07, 6.45) is 3.79. The number of piperazine rings is 1. The molecule has 27 heavy (non-hydrogen) atoms. The average Bonchev–Trinajstić information content (AvgIpc) is 3.40. The van der Waals surface area contributed by atoms with Crippen molar-refractivity contribution in [3.05, 3.63) is 64.7 Å². The maximum Gasteiger partial charge on any atom is 0.433 e. The molecule has 4 heterocycles. The second kappa shape index (κ2) is 6.90. The first kappa shape index (κ1) is 16.8. The topological polar surface area (TPSA) is 111 Å². The Morgan fingerprint density at radius 1 is 1.00 bits per heavy atom. The smallest absolute Gasteiger partial charge is 0.395 e. The van der Waals surface area contributed by atoms with E-state index in [9.17, 15) is 14.9 Å². The maximum absolute atomic E-state index is 12.4. The zero-order valence-corrected chi connectivity index (χ0v) is 14.3. The van der Waals surface area contributed by atoms with Gasteiger partial charge in [-0.3, -0.25) is 14.9 Å². The molecule has 10 nitrogen and oxygen atoms in total. The van der Waals surface area contributed by atoms with E-state index in [1.807, 2.05) is 46.1 Å². The number of amides is 1. The summed E-state index contributed by atoms with van der Waals surface area (Å²) in [6, 6.07) is 10.1. The fourth-order valence-corrected chi connectivity index (χ4v) is 2.95. The van der Waals surface area contributed by atoms with Crippen LogP contribution in [0.5, 0.6) is 0 Å². The Hall–Kier alpha value is -3.69. The van der Waals surface area contributed by atoms with Crippen molar-refractivity contribution >= 4 is 17.6 Å². The molecule has 0 bridgehead atoms. The molecule has 10 heteroatoms. The Morgan fingerprint density at radius 3 is 2.26 bits per heavy atom. The fourth-order valence-electron chi connectivity index (χ4n) is 2.95. The molecule has 1 fully saturated rings. The van der Waals surface area contributed by atoms with Crippen molar-refractivity contribution in [1.82, 2.24) is 19.7 Å². The van der Waals surface area contributed by atoms with Crippen molar-refractivity contribution in [1.29, 1.82) is 0 Å². The molecule has 4 rings (SSSR count). The molecular weight excluding hydrogens is 352 g/mol. The molecule has 138 valence electrons. The van der Waals surface area contributed by atoms with E-state index in [-0.39, 0.29) is 11.7 Å². The van der Waals surface area contributed by atoms with Crippen molar-refractivity contribution in [2.45, 2.75) is 0 Å². The Labute approximate surface area is 153 Å². The molecule has 1 saturated heterocycles. The van der Waals surface area contributed by atoms with Gasteiger partial charge in [-0.25, -0.2) is 0 Å². The number of carbonyl (C=O) groups excluding carboxylic acids is 1. The molecule has 0 spiro atoms. The van der Waals surface area contributed by atoms with E-state index in [4.69, 9.17) is 4.42 Å². The van der Waals surface area contributed by atoms with E-state index >= 15 is 0 Å². The molecule has 3 aromatic rings. The molecule has 0 aliphatic carbocycles. The highest BCUT2D eigenvalue weighted by Gasteiger charge is 2.26. The van der Waals surface area contributed by atoms with Gasteiger partial charge in [-0.1, -0.05) is 0 Å². The zero-order chi connectivity index (χ0) is 18.8. The van der Waals surface area contributed by atoms with E-state index in [1.165, 1.54) is 12.1 Å². The van der Waals surface area contributed by atoms with Crippen LogP contribution in [-0.4, -0.2) is 56.7 Å². The highest BCUT2D eigenvalue weighted by Crippen LogP contribution is 2.19. The van der Waals surface area contributed by atoms with E-state index in [0.29, 0.717) is 26.2 Å². The monoisotopic (exact) mass is 368 g/mol. The molecule has 1 aliphatic rings. The lowest BCUT2D eigenvalue weighted by Gasteiger charge is -2.34. The summed E-state index contributed by atoms with van der Waals surface area (Å²) in [5, 5.41) is 19.2. The summed E-state index contributed by atoms with van der Waals surface area (Å²) in [7, 11) is 0. The molecular formula is C17H16N6O4. The van der Waals surface area contributed by atoms with E-state index in [2.05, 4.69) is 10.2 Å². The molecule has 0 unspecified atom stereocenters. The first-order valence-corrected chi connectivity index (χ1v) is 8.37. The number of carbonyl (C=O) groups is 1. The summed E-state index contributed by atoms with van der Waals surface area (Å²) in [5.74, 6) is 0.668. The molecule has 1 amide bonds. The van der Waals surface area contributed by atoms with Crippen LogP contribution in [0.1, 0.15) is 10.6 Å². The Bertz CT molecular complexity index is 942. The van der Waals surface area contributed by atoms with Gasteiger partial charge < -0.3 is 18.8 Å². The van der Waals surface area contributed by atoms with Crippen LogP contribution in [-0.2, 0) is 0 Å². The molecule has 1 aliphatic heterocycles. The Balaban J connectivity index is 1.38. The molecule has 0 saturated carbocycles. The van der Waals surface area contributed by atoms with Crippen LogP contribution in [0, 0.1) is 10.1 Å². The van der Waals surface area contributed by atoms with Gasteiger partial charge in [0.05, 0.1) is 6.07 Å². The van der Waals surface area contributed by atoms with Crippen LogP contribution in [0.15, 0.2) is 53.2 Å². The van der Waals surface area contributed by atoms with Gasteiger partial charge in [-0.2, -0.15) is 0 Å². The maximum atomic E-state index is 12.4. The number of hydrogen-bond acceptors (Lipinski definition) is 7. The predicted molar refractivity (Wildman–Crippen MR) is 94.8 cm³/mol. The minimum Gasteiger partial charge on any atom is -0.395 e. The Kier molecular flexibility index (Phi) is 4.29. The van der Waals surface area contributed by atoms with E-state index < -0.39 is 10.8 Å². The lowest BCUT2D eigenvalue weighted by molar-refractivity contribution is -0.402. The standard InChI is InChI=1S/C17H16N6O4/c24-17(13-3-6-16(27-13)23(25)26)22-11-9-21(10-12-22)15-5-4-14(18-19-15)20-7-1-2-8-20/h1-8H,9-12H2. The average molecular weight is 368 g/mol. The summed E-state index contributed by atoms with van der Waals surface area (Å²) in [4.78, 5) is 26.1. The van der Waals surface area contributed by atoms with Crippen LogP contribution >= 0.6 is 0 Å². The van der Waals surface area contributed by atoms with Gasteiger partial charge in [0.15, 0.2) is 17.4 Å². The van der Waals surface area contributed by atoms with Gasteiger partial charge in [0.1, 0.15) is 4.92 Å². The highest BCUT2D eigenvalue weighted by atomic mass is 16.6. The van der Waals surface area contributed by atoms with Gasteiger partial charge in [0, 0.05) is 38.6 Å². The van der Waals surface area contributed by atoms with Crippen LogP contribution in [0.4, 0.5) is 11.7 Å². The van der Waals surface area contributed by atoms with Gasteiger partial charge in [0.25, 0.3) is 5.91 Å². The van der Waals surface area contributed by atoms with Crippen molar-refractivity contribution in [3.63, 3.8) is 0 Å². The first-order valence-electron chi connectivity index (χ1n) is 8.37. The number of furan rings is 1. The van der Waals surface area contributed by atoms with Crippen molar-refractivity contribution in [2.24, 2.45) is 0 Å². The third-order valence-corrected chi connectivity index (χ3v) is 4.38. The SMILES string of the molecule is O=C(c1ccc([N+](=O)[O-])o1)N1CCN(c2ccc(-n3cccc3)nn2)CC1. The van der Waals surface area contributed by atoms with Crippen molar-refractivity contribution < 1.29 is 14.1 Å². The van der Waals surface area contributed by atoms with Crippen LogP contribution in [0.2, 0.25) is 0 Å². The summed E-state index contributed by atoms with van der Waals surface area (Å²) < 4.78 is 6.86. The second-order valence-corrected chi connectivity index (χ2v) is 6.01. The number of anilines is 1. The van der Waals surface area contributed by atoms with E-state index in [1.54, 1.807) is 4.90 Å². The van der Waals surface area contributed by atoms with Crippen molar-refractivity contribution in [3.8, 4) is 5.82 Å². The third-order valence-electron chi connectivity index (χ3n) is 4.38. The van der Waals surface area contributed by atoms with E-state index in [0.717, 1.165) is 11.6 Å². The van der Waals surface area contributed by atoms with Crippen LogP contribution < -0.4 is 4.90 Å². The molecule has 3 aromatic heterocycles. The molecule has 0 radical (unpaired) electrons. The summed E-state index contributed by atoms with van der Waals surface area (Å²) in [6.45, 7) is 2.11. The van der Waals surface area contributed by atoms with Gasteiger partial charge in [-0.15, -0.1) is 10.2 Å². The molecule has 0 N–H and O–H groups in total. The summed E-state index contributed by atoms with van der Waals surface area (Å²) >= 11 is 0. The van der Waals surface area contributed by atoms with Gasteiger partial charge >= 0.3 is 5.88 Å². The number of nitro groups is 1. The first-order chi connectivity index (χ1) is 13.1. The zero-order valence-electron chi connectivity index (χ0n) is 14.3. The fraction of sp³-hybridized carbons (Fsp3) is 0.235. The minimum atomic E-state index is -0.662. The Morgan fingerprint density at radius 2 is 1.67 bits per heavy atom. The number of hydrogen-bond donors (Lipinski definition) is 0. The minimum absolute atomic E-state index is 0.0222. The predicted octanol–water partition coefficient (Wildman–Crippen LogP) is 1.73. The number of nitrogens with zero attached hydrogens (tertiary/aromatic N) is 6. The van der Waals surface area contributed by atoms with Crippen LogP contribution in [0.3, 0.4) is 0 Å². The lowest BCUT2D eigenvalue weighted by atomic mass is 10.3. The largest absolute Gasteiger partial charge is 0.433 e. The second-order valence-electron chi connectivity index (χ2n) is 6.01. The molecule has 0 atom stereocenters.